The van der Waals surface area contributed by atoms with E-state index < -0.39 is 0 Å². The molecule has 0 aliphatic heterocycles. The molecule has 0 heterocycles. The molecular weight excluding hydrogens is 244 g/mol. The molecule has 0 unspecified atom stereocenters. The Morgan fingerprint density at radius 3 is 2.40 bits per heavy atom. The minimum Gasteiger partial charge on any atom is -0.398 e. The lowest BCUT2D eigenvalue weighted by molar-refractivity contribution is 0.338. The maximum atomic E-state index is 6.17. The molecule has 1 aliphatic rings. The third-order valence-corrected chi connectivity index (χ3v) is 4.92. The molecule has 0 bridgehead atoms. The van der Waals surface area contributed by atoms with Gasteiger partial charge in [-0.1, -0.05) is 38.1 Å². The Kier molecular flexibility index (Phi) is 3.43. The van der Waals surface area contributed by atoms with Crippen LogP contribution in [-0.2, 0) is 6.54 Å². The summed E-state index contributed by atoms with van der Waals surface area (Å²) in [5.74, 6) is 0.768. The van der Waals surface area contributed by atoms with E-state index in [0.29, 0.717) is 5.41 Å². The minimum atomic E-state index is 0.547. The van der Waals surface area contributed by atoms with Gasteiger partial charge in [0.25, 0.3) is 0 Å². The van der Waals surface area contributed by atoms with Crippen LogP contribution in [0.5, 0.6) is 0 Å². The molecule has 1 fully saturated rings. The maximum Gasteiger partial charge on any atom is 0.0366 e. The van der Waals surface area contributed by atoms with Crippen LogP contribution >= 0.6 is 0 Å². The summed E-state index contributed by atoms with van der Waals surface area (Å²) in [6.07, 6.45) is 2.73. The zero-order valence-corrected chi connectivity index (χ0v) is 12.4. The number of nitrogens with one attached hydrogen (secondary N) is 1. The Morgan fingerprint density at radius 2 is 1.80 bits per heavy atom. The van der Waals surface area contributed by atoms with Crippen molar-refractivity contribution in [2.45, 2.75) is 33.2 Å². The van der Waals surface area contributed by atoms with E-state index in [-0.39, 0.29) is 0 Å². The van der Waals surface area contributed by atoms with Gasteiger partial charge in [0.05, 0.1) is 0 Å². The molecule has 2 aromatic rings. The molecule has 0 amide bonds. The second kappa shape index (κ2) is 5.10. The Balaban J connectivity index is 1.70. The summed E-state index contributed by atoms with van der Waals surface area (Å²) < 4.78 is 0. The van der Waals surface area contributed by atoms with E-state index in [1.165, 1.54) is 29.2 Å². The molecule has 2 heteroatoms. The number of nitrogen functional groups attached to an aromatic ring is 1. The van der Waals surface area contributed by atoms with Crippen LogP contribution in [0.3, 0.4) is 0 Å². The topological polar surface area (TPSA) is 38.0 Å². The van der Waals surface area contributed by atoms with Crippen molar-refractivity contribution in [1.82, 2.24) is 5.32 Å². The highest BCUT2D eigenvalue weighted by Gasteiger charge is 2.44. The second-order valence-corrected chi connectivity index (χ2v) is 6.52. The van der Waals surface area contributed by atoms with E-state index in [1.807, 2.05) is 0 Å². The summed E-state index contributed by atoms with van der Waals surface area (Å²) in [5.41, 5.74) is 8.82. The van der Waals surface area contributed by atoms with Crippen molar-refractivity contribution in [3.05, 3.63) is 42.0 Å². The molecule has 1 saturated carbocycles. The monoisotopic (exact) mass is 268 g/mol. The van der Waals surface area contributed by atoms with E-state index in [0.717, 1.165) is 24.7 Å². The number of rotatable bonds is 5. The molecule has 0 saturated heterocycles. The van der Waals surface area contributed by atoms with Gasteiger partial charge in [0, 0.05) is 18.8 Å². The largest absolute Gasteiger partial charge is 0.398 e. The average Bonchev–Trinajstić information content (AvgIpc) is 3.20. The summed E-state index contributed by atoms with van der Waals surface area (Å²) in [4.78, 5) is 0. The summed E-state index contributed by atoms with van der Waals surface area (Å²) in [5, 5.41) is 6.10. The van der Waals surface area contributed by atoms with E-state index in [4.69, 9.17) is 5.73 Å². The zero-order valence-electron chi connectivity index (χ0n) is 12.4. The predicted molar refractivity (Wildman–Crippen MR) is 86.6 cm³/mol. The minimum absolute atomic E-state index is 0.547. The Labute approximate surface area is 121 Å². The van der Waals surface area contributed by atoms with Gasteiger partial charge in [-0.05, 0) is 52.6 Å². The van der Waals surface area contributed by atoms with E-state index in [1.54, 1.807) is 0 Å². The van der Waals surface area contributed by atoms with Crippen LogP contribution in [0.4, 0.5) is 5.69 Å². The van der Waals surface area contributed by atoms with Crippen molar-refractivity contribution in [2.75, 3.05) is 12.3 Å². The Hall–Kier alpha value is -1.54. The predicted octanol–water partition coefficient (Wildman–Crippen LogP) is 3.95. The van der Waals surface area contributed by atoms with Crippen LogP contribution in [-0.4, -0.2) is 6.54 Å². The van der Waals surface area contributed by atoms with Crippen molar-refractivity contribution >= 4 is 16.5 Å². The van der Waals surface area contributed by atoms with Crippen LogP contribution in [0.2, 0.25) is 0 Å². The first-order valence-electron chi connectivity index (χ1n) is 7.59. The van der Waals surface area contributed by atoms with Crippen molar-refractivity contribution in [3.63, 3.8) is 0 Å². The molecule has 3 N–H and O–H groups in total. The van der Waals surface area contributed by atoms with Gasteiger partial charge in [-0.25, -0.2) is 0 Å². The summed E-state index contributed by atoms with van der Waals surface area (Å²) in [6.45, 7) is 6.64. The SMILES string of the molecule is CC(C)C1(CNCc2cc3ccccc3cc2N)CC1. The fraction of sp³-hybridized carbons (Fsp3) is 0.444. The summed E-state index contributed by atoms with van der Waals surface area (Å²) in [6, 6.07) is 12.7. The van der Waals surface area contributed by atoms with Gasteiger partial charge in [-0.3, -0.25) is 0 Å². The number of hydrogen-bond donors (Lipinski definition) is 2. The lowest BCUT2D eigenvalue weighted by Crippen LogP contribution is -2.27. The molecule has 1 aliphatic carbocycles. The van der Waals surface area contributed by atoms with Gasteiger partial charge in [0.1, 0.15) is 0 Å². The molecule has 2 nitrogen and oxygen atoms in total. The summed E-state index contributed by atoms with van der Waals surface area (Å²) in [7, 11) is 0. The number of hydrogen-bond acceptors (Lipinski definition) is 2. The van der Waals surface area contributed by atoms with Crippen LogP contribution in [0.15, 0.2) is 36.4 Å². The molecule has 0 radical (unpaired) electrons. The number of nitrogens with two attached hydrogens (primary N) is 1. The molecule has 20 heavy (non-hydrogen) atoms. The third kappa shape index (κ3) is 2.53. The van der Waals surface area contributed by atoms with Crippen LogP contribution in [0, 0.1) is 11.3 Å². The van der Waals surface area contributed by atoms with E-state index >= 15 is 0 Å². The van der Waals surface area contributed by atoms with Gasteiger partial charge in [0.15, 0.2) is 0 Å². The van der Waals surface area contributed by atoms with Crippen molar-refractivity contribution in [1.29, 1.82) is 0 Å². The first kappa shape index (κ1) is 13.4. The highest BCUT2D eigenvalue weighted by Crippen LogP contribution is 2.51. The smallest absolute Gasteiger partial charge is 0.0366 e. The number of fused-ring (bicyclic) bond motifs is 1. The quantitative estimate of drug-likeness (QED) is 0.806. The van der Waals surface area contributed by atoms with Gasteiger partial charge >= 0.3 is 0 Å². The average molecular weight is 268 g/mol. The van der Waals surface area contributed by atoms with E-state index in [9.17, 15) is 0 Å². The van der Waals surface area contributed by atoms with E-state index in [2.05, 4.69) is 55.6 Å². The fourth-order valence-corrected chi connectivity index (χ4v) is 3.02. The second-order valence-electron chi connectivity index (χ2n) is 6.52. The van der Waals surface area contributed by atoms with Crippen molar-refractivity contribution in [2.24, 2.45) is 11.3 Å². The fourth-order valence-electron chi connectivity index (χ4n) is 3.02. The van der Waals surface area contributed by atoms with Crippen molar-refractivity contribution in [3.8, 4) is 0 Å². The van der Waals surface area contributed by atoms with Gasteiger partial charge < -0.3 is 11.1 Å². The first-order valence-corrected chi connectivity index (χ1v) is 7.59. The van der Waals surface area contributed by atoms with Gasteiger partial charge in [-0.15, -0.1) is 0 Å². The number of benzene rings is 2. The highest BCUT2D eigenvalue weighted by molar-refractivity contribution is 5.86. The zero-order chi connectivity index (χ0) is 14.2. The molecular formula is C18H24N2. The van der Waals surface area contributed by atoms with Gasteiger partial charge in [0.2, 0.25) is 0 Å². The van der Waals surface area contributed by atoms with Crippen LogP contribution in [0.1, 0.15) is 32.3 Å². The maximum absolute atomic E-state index is 6.17. The number of anilines is 1. The molecule has 0 spiro atoms. The molecule has 2 aromatic carbocycles. The summed E-state index contributed by atoms with van der Waals surface area (Å²) >= 11 is 0. The lowest BCUT2D eigenvalue weighted by atomic mass is 9.92. The molecule has 0 atom stereocenters. The molecule has 3 rings (SSSR count). The third-order valence-electron chi connectivity index (χ3n) is 4.92. The normalized spacial score (nSPS) is 16.8. The standard InChI is InChI=1S/C18H24N2/c1-13(2)18(7-8-18)12-20-11-16-9-14-5-3-4-6-15(14)10-17(16)19/h3-6,9-10,13,20H,7-8,11-12,19H2,1-2H3. The van der Waals surface area contributed by atoms with Crippen LogP contribution < -0.4 is 11.1 Å². The Bertz CT molecular complexity index is 612. The van der Waals surface area contributed by atoms with Gasteiger partial charge in [-0.2, -0.15) is 0 Å². The van der Waals surface area contributed by atoms with Crippen LogP contribution in [0.25, 0.3) is 10.8 Å². The Morgan fingerprint density at radius 1 is 1.15 bits per heavy atom. The molecule has 106 valence electrons. The lowest BCUT2D eigenvalue weighted by Gasteiger charge is -2.20. The first-order chi connectivity index (χ1) is 9.61. The highest BCUT2D eigenvalue weighted by atomic mass is 14.9. The van der Waals surface area contributed by atoms with Crippen molar-refractivity contribution < 1.29 is 0 Å². The molecule has 0 aromatic heterocycles.